The summed E-state index contributed by atoms with van der Waals surface area (Å²) in [6.45, 7) is 6.03. The molecule has 6 heterocycles. The molecule has 0 fully saturated rings. The van der Waals surface area contributed by atoms with E-state index in [4.69, 9.17) is 4.98 Å². The van der Waals surface area contributed by atoms with E-state index < -0.39 is 0 Å². The van der Waals surface area contributed by atoms with Crippen LogP contribution in [0.15, 0.2) is 67.4 Å². The van der Waals surface area contributed by atoms with Gasteiger partial charge >= 0.3 is 0 Å². The lowest BCUT2D eigenvalue weighted by Crippen LogP contribution is -1.97. The number of aromatic nitrogens is 7. The van der Waals surface area contributed by atoms with E-state index in [0.717, 1.165) is 61.7 Å². The van der Waals surface area contributed by atoms with E-state index in [1.807, 2.05) is 25.1 Å². The molecular weight excluding hydrogens is 463 g/mol. The average molecular weight is 483 g/mol. The Hall–Kier alpha value is -4.44. The van der Waals surface area contributed by atoms with Crippen LogP contribution in [0.25, 0.3) is 55.3 Å². The predicted molar refractivity (Wildman–Crippen MR) is 136 cm³/mol. The van der Waals surface area contributed by atoms with E-state index in [1.165, 1.54) is 6.07 Å². The van der Waals surface area contributed by atoms with E-state index in [1.54, 1.807) is 30.9 Å². The quantitative estimate of drug-likeness (QED) is 0.262. The molecule has 6 aromatic rings. The number of nitrogens with one attached hydrogen (secondary N) is 3. The number of halogens is 1. The van der Waals surface area contributed by atoms with Gasteiger partial charge in [-0.2, -0.15) is 9.49 Å². The molecule has 0 atom stereocenters. The highest BCUT2D eigenvalue weighted by Gasteiger charge is 2.17. The van der Waals surface area contributed by atoms with Crippen LogP contribution in [0.2, 0.25) is 0 Å². The largest absolute Gasteiger partial charge is 0.358 e. The Kier molecular flexibility index (Phi) is 5.07. The molecule has 0 aliphatic heterocycles. The third kappa shape index (κ3) is 3.83. The van der Waals surface area contributed by atoms with Crippen LogP contribution >= 0.6 is 11.3 Å². The average Bonchev–Trinajstić information content (AvgIpc) is 3.61. The zero-order chi connectivity index (χ0) is 23.9. The molecule has 8 nitrogen and oxygen atoms in total. The van der Waals surface area contributed by atoms with Crippen molar-refractivity contribution in [1.82, 2.24) is 35.1 Å². The van der Waals surface area contributed by atoms with Crippen molar-refractivity contribution in [3.8, 4) is 33.3 Å². The Morgan fingerprint density at radius 1 is 1.09 bits per heavy atom. The molecule has 0 aliphatic rings. The third-order valence-electron chi connectivity index (χ3n) is 5.66. The first kappa shape index (κ1) is 21.1. The van der Waals surface area contributed by atoms with Gasteiger partial charge < -0.3 is 10.3 Å². The highest BCUT2D eigenvalue weighted by atomic mass is 32.1. The number of H-pyrrole nitrogens is 2. The Balaban J connectivity index is 1.43. The molecule has 172 valence electrons. The van der Waals surface area contributed by atoms with Crippen molar-refractivity contribution in [3.63, 3.8) is 0 Å². The summed E-state index contributed by atoms with van der Waals surface area (Å²) in [7, 11) is 0. The van der Waals surface area contributed by atoms with E-state index >= 15 is 0 Å². The van der Waals surface area contributed by atoms with Crippen LogP contribution in [0.5, 0.6) is 0 Å². The zero-order valence-corrected chi connectivity index (χ0v) is 19.4. The number of rotatable bonds is 6. The first-order valence-electron chi connectivity index (χ1n) is 10.9. The predicted octanol–water partition coefficient (Wildman–Crippen LogP) is 6.16. The Morgan fingerprint density at radius 3 is 2.83 bits per heavy atom. The normalized spacial score (nSPS) is 11.4. The number of fused-ring (bicyclic) bond motifs is 2. The Labute approximate surface area is 203 Å². The second-order valence-corrected chi connectivity index (χ2v) is 9.01. The maximum Gasteiger partial charge on any atom is 0.177 e. The smallest absolute Gasteiger partial charge is 0.177 e. The molecule has 3 N–H and O–H groups in total. The van der Waals surface area contributed by atoms with Crippen molar-refractivity contribution >= 4 is 39.0 Å². The van der Waals surface area contributed by atoms with Crippen LogP contribution in [0.1, 0.15) is 13.3 Å². The number of aromatic amines is 2. The fourth-order valence-electron chi connectivity index (χ4n) is 3.87. The van der Waals surface area contributed by atoms with Crippen molar-refractivity contribution in [1.29, 1.82) is 0 Å². The Bertz CT molecular complexity index is 1710. The number of imidazole rings is 1. The summed E-state index contributed by atoms with van der Waals surface area (Å²) in [5.74, 6) is 0.586. The van der Waals surface area contributed by atoms with E-state index in [2.05, 4.69) is 42.0 Å². The van der Waals surface area contributed by atoms with Gasteiger partial charge in [-0.15, -0.1) is 11.3 Å². The number of thiophene rings is 1. The van der Waals surface area contributed by atoms with Crippen molar-refractivity contribution in [3.05, 3.63) is 72.5 Å². The first-order valence-corrected chi connectivity index (χ1v) is 11.8. The minimum atomic E-state index is -0.263. The molecule has 6 rings (SSSR count). The van der Waals surface area contributed by atoms with Crippen LogP contribution in [0.4, 0.5) is 10.1 Å². The number of pyridine rings is 3. The maximum atomic E-state index is 13.6. The highest BCUT2D eigenvalue weighted by Crippen LogP contribution is 2.33. The van der Waals surface area contributed by atoms with Gasteiger partial charge in [-0.05, 0) is 36.8 Å². The first-order chi connectivity index (χ1) is 17.1. The van der Waals surface area contributed by atoms with Crippen LogP contribution in [0, 0.1) is 5.13 Å². The lowest BCUT2D eigenvalue weighted by Gasteiger charge is -2.08. The van der Waals surface area contributed by atoms with Gasteiger partial charge in [0.1, 0.15) is 16.9 Å². The molecule has 0 aromatic carbocycles. The van der Waals surface area contributed by atoms with Gasteiger partial charge in [0.15, 0.2) is 11.0 Å². The Morgan fingerprint density at radius 2 is 2.00 bits per heavy atom. The molecule has 0 aliphatic carbocycles. The highest BCUT2D eigenvalue weighted by molar-refractivity contribution is 7.13. The number of nitrogens with zero attached hydrogens (tertiary/aromatic N) is 5. The fraction of sp³-hybridized carbons (Fsp3) is 0.0800. The van der Waals surface area contributed by atoms with Gasteiger partial charge in [0.05, 0.1) is 39.7 Å². The van der Waals surface area contributed by atoms with Gasteiger partial charge in [0.25, 0.3) is 0 Å². The van der Waals surface area contributed by atoms with Gasteiger partial charge in [-0.25, -0.2) is 4.98 Å². The number of hydrogen-bond donors (Lipinski definition) is 3. The van der Waals surface area contributed by atoms with Crippen LogP contribution in [-0.2, 0) is 0 Å². The van der Waals surface area contributed by atoms with Crippen molar-refractivity contribution in [2.75, 3.05) is 5.32 Å². The van der Waals surface area contributed by atoms with E-state index in [9.17, 15) is 4.39 Å². The number of anilines is 1. The lowest BCUT2D eigenvalue weighted by atomic mass is 10.1. The standard InChI is InChI=1S/C25H19FN8S/c1-3-13(2)30-15-8-14(10-27-11-15)18-9-16-19(12-29-18)33-34-22(16)25-31-17-6-7-28-24(23(17)32-25)20-4-5-21(26)35-20/h4-12,30H,2-3H2,1H3,(H,31,32)(H,33,34). The number of allylic oxidation sites excluding steroid dienone is 1. The maximum absolute atomic E-state index is 13.6. The molecule has 6 aromatic heterocycles. The molecule has 0 radical (unpaired) electrons. The molecule has 0 unspecified atom stereocenters. The van der Waals surface area contributed by atoms with Gasteiger partial charge in [-0.3, -0.25) is 20.1 Å². The van der Waals surface area contributed by atoms with E-state index in [0.29, 0.717) is 22.7 Å². The van der Waals surface area contributed by atoms with E-state index in [-0.39, 0.29) is 5.13 Å². The van der Waals surface area contributed by atoms with Crippen LogP contribution in [-0.4, -0.2) is 35.1 Å². The van der Waals surface area contributed by atoms with Gasteiger partial charge in [0.2, 0.25) is 0 Å². The lowest BCUT2D eigenvalue weighted by molar-refractivity contribution is 0.657. The molecular formula is C25H19FN8S. The minimum Gasteiger partial charge on any atom is -0.358 e. The monoisotopic (exact) mass is 482 g/mol. The molecule has 10 heteroatoms. The van der Waals surface area contributed by atoms with Crippen molar-refractivity contribution in [2.45, 2.75) is 13.3 Å². The van der Waals surface area contributed by atoms with Crippen molar-refractivity contribution < 1.29 is 4.39 Å². The summed E-state index contributed by atoms with van der Waals surface area (Å²) in [5, 5.41) is 11.4. The molecule has 0 spiro atoms. The summed E-state index contributed by atoms with van der Waals surface area (Å²) in [5.41, 5.74) is 6.91. The molecule has 35 heavy (non-hydrogen) atoms. The third-order valence-corrected chi connectivity index (χ3v) is 6.54. The number of hydrogen-bond acceptors (Lipinski definition) is 7. The fourth-order valence-corrected chi connectivity index (χ4v) is 4.59. The molecule has 0 amide bonds. The zero-order valence-electron chi connectivity index (χ0n) is 18.6. The summed E-state index contributed by atoms with van der Waals surface area (Å²) < 4.78 is 13.6. The molecule has 0 saturated carbocycles. The second-order valence-electron chi connectivity index (χ2n) is 7.98. The summed E-state index contributed by atoms with van der Waals surface area (Å²) in [6.07, 6.45) is 7.78. The van der Waals surface area contributed by atoms with Crippen LogP contribution in [0.3, 0.4) is 0 Å². The summed E-state index contributed by atoms with van der Waals surface area (Å²) in [6, 6.07) is 8.94. The minimum absolute atomic E-state index is 0.263. The van der Waals surface area contributed by atoms with Crippen LogP contribution < -0.4 is 5.32 Å². The second kappa shape index (κ2) is 8.41. The molecule has 0 bridgehead atoms. The van der Waals surface area contributed by atoms with Crippen molar-refractivity contribution in [2.24, 2.45) is 0 Å². The van der Waals surface area contributed by atoms with Gasteiger partial charge in [-0.1, -0.05) is 13.5 Å². The summed E-state index contributed by atoms with van der Waals surface area (Å²) in [4.78, 5) is 22.2. The molecule has 0 saturated heterocycles. The topological polar surface area (TPSA) is 108 Å². The summed E-state index contributed by atoms with van der Waals surface area (Å²) >= 11 is 1.04. The SMILES string of the molecule is C=C(CC)Nc1cncc(-c2cc3c(-c4nc5c(-c6ccc(F)s6)nccc5[nH]4)n[nH]c3cn2)c1. The van der Waals surface area contributed by atoms with Gasteiger partial charge in [0, 0.05) is 29.0 Å².